The summed E-state index contributed by atoms with van der Waals surface area (Å²) in [6, 6.07) is 0. The molecule has 28 heavy (non-hydrogen) atoms. The van der Waals surface area contributed by atoms with Crippen LogP contribution in [0.3, 0.4) is 0 Å². The number of hydrogen-bond acceptors (Lipinski definition) is 3. The van der Waals surface area contributed by atoms with Crippen molar-refractivity contribution in [2.75, 3.05) is 0 Å². The second-order valence-electron chi connectivity index (χ2n) is 11.0. The van der Waals surface area contributed by atoms with Gasteiger partial charge in [-0.1, -0.05) is 39.3 Å². The Morgan fingerprint density at radius 3 is 2.46 bits per heavy atom. The third-order valence-corrected chi connectivity index (χ3v) is 10.3. The van der Waals surface area contributed by atoms with E-state index in [0.717, 1.165) is 44.9 Å². The number of fused-ring (bicyclic) bond motifs is 5. The van der Waals surface area contributed by atoms with E-state index in [4.69, 9.17) is 4.74 Å². The molecule has 3 heteroatoms. The van der Waals surface area contributed by atoms with Crippen molar-refractivity contribution in [1.29, 1.82) is 0 Å². The van der Waals surface area contributed by atoms with E-state index in [1.54, 1.807) is 6.92 Å². The van der Waals surface area contributed by atoms with Crippen LogP contribution < -0.4 is 0 Å². The molecule has 3 fully saturated rings. The summed E-state index contributed by atoms with van der Waals surface area (Å²) in [5, 5.41) is 0. The van der Waals surface area contributed by atoms with Crippen LogP contribution in [0, 0.1) is 39.9 Å². The number of rotatable bonds is 2. The molecular formula is C25H38O3. The summed E-state index contributed by atoms with van der Waals surface area (Å²) in [7, 11) is 0. The lowest BCUT2D eigenvalue weighted by atomic mass is 9.45. The van der Waals surface area contributed by atoms with Gasteiger partial charge in [0.2, 0.25) is 0 Å². The largest absolute Gasteiger partial charge is 0.462 e. The number of hydrogen-bond donors (Lipinski definition) is 0. The van der Waals surface area contributed by atoms with Crippen LogP contribution in [0.2, 0.25) is 0 Å². The van der Waals surface area contributed by atoms with Crippen LogP contribution in [0.25, 0.3) is 0 Å². The third kappa shape index (κ3) is 2.40. The molecule has 0 heterocycles. The lowest BCUT2D eigenvalue weighted by Gasteiger charge is -2.60. The SMILES string of the molecule is CC(=O)O[C@@H]1CCCC2=CC[C@@H]3[C@H](CC[C@]4(C)[C@H]3C[C@@H](C)[C@]4(C)C(C)=O)[C@@]21C. The Bertz CT molecular complexity index is 723. The standard InChI is InChI=1S/C25H38O3/c1-15-14-21-19-11-10-18-8-7-9-22(28-17(3)27)24(18,5)20(19)12-13-23(21,4)25(15,6)16(2)26/h10,15,19-22H,7-9,11-14H2,1-6H3/t15-,19-,20+,21+,22-,23-,24-,25-/m1/s1. The van der Waals surface area contributed by atoms with Crippen LogP contribution >= 0.6 is 0 Å². The summed E-state index contributed by atoms with van der Waals surface area (Å²) in [6.07, 6.45) is 10.3. The van der Waals surface area contributed by atoms with Gasteiger partial charge in [0.15, 0.2) is 0 Å². The minimum Gasteiger partial charge on any atom is -0.462 e. The van der Waals surface area contributed by atoms with Crippen molar-refractivity contribution in [3.63, 3.8) is 0 Å². The molecule has 0 aromatic rings. The van der Waals surface area contributed by atoms with Crippen molar-refractivity contribution in [3.05, 3.63) is 11.6 Å². The zero-order chi connectivity index (χ0) is 20.5. The summed E-state index contributed by atoms with van der Waals surface area (Å²) in [5.41, 5.74) is 1.39. The van der Waals surface area contributed by atoms with E-state index < -0.39 is 0 Å². The van der Waals surface area contributed by atoms with Crippen LogP contribution in [-0.4, -0.2) is 17.9 Å². The number of carbonyl (C=O) groups is 2. The maximum Gasteiger partial charge on any atom is 0.302 e. The van der Waals surface area contributed by atoms with Crippen LogP contribution in [0.15, 0.2) is 11.6 Å². The van der Waals surface area contributed by atoms with E-state index >= 15 is 0 Å². The number of carbonyl (C=O) groups excluding carboxylic acids is 2. The first-order valence-corrected chi connectivity index (χ1v) is 11.4. The van der Waals surface area contributed by atoms with Crippen molar-refractivity contribution in [2.24, 2.45) is 39.9 Å². The van der Waals surface area contributed by atoms with Gasteiger partial charge >= 0.3 is 5.97 Å². The summed E-state index contributed by atoms with van der Waals surface area (Å²) < 4.78 is 5.92. The highest BCUT2D eigenvalue weighted by atomic mass is 16.5. The Hall–Kier alpha value is -1.12. The van der Waals surface area contributed by atoms with Crippen LogP contribution in [0.1, 0.15) is 86.5 Å². The maximum atomic E-state index is 12.8. The second kappa shape index (κ2) is 6.44. The minimum atomic E-state index is -0.213. The van der Waals surface area contributed by atoms with Gasteiger partial charge in [0.05, 0.1) is 0 Å². The van der Waals surface area contributed by atoms with E-state index in [1.807, 2.05) is 6.92 Å². The minimum absolute atomic E-state index is 0.0140. The molecule has 4 aliphatic rings. The lowest BCUT2D eigenvalue weighted by Crippen LogP contribution is -2.56. The molecule has 4 rings (SSSR count). The number of ketones is 1. The number of Topliss-reactive ketones (excluding diaryl/α,β-unsaturated/α-hetero) is 1. The molecule has 0 N–H and O–H groups in total. The fourth-order valence-corrected chi connectivity index (χ4v) is 8.40. The van der Waals surface area contributed by atoms with Gasteiger partial charge < -0.3 is 4.74 Å². The van der Waals surface area contributed by atoms with E-state index in [2.05, 4.69) is 33.8 Å². The molecule has 0 aromatic heterocycles. The Morgan fingerprint density at radius 1 is 1.11 bits per heavy atom. The molecule has 0 aromatic carbocycles. The van der Waals surface area contributed by atoms with Crippen LogP contribution in [0.4, 0.5) is 0 Å². The van der Waals surface area contributed by atoms with Gasteiger partial charge in [-0.3, -0.25) is 9.59 Å². The average Bonchev–Trinajstić information content (AvgIpc) is 2.83. The van der Waals surface area contributed by atoms with Crippen molar-refractivity contribution in [3.8, 4) is 0 Å². The van der Waals surface area contributed by atoms with Gasteiger partial charge in [-0.25, -0.2) is 0 Å². The first kappa shape index (κ1) is 20.2. The normalized spacial score (nSPS) is 50.1. The van der Waals surface area contributed by atoms with Gasteiger partial charge in [0.25, 0.3) is 0 Å². The molecular weight excluding hydrogens is 348 g/mol. The Morgan fingerprint density at radius 2 is 1.82 bits per heavy atom. The molecule has 8 atom stereocenters. The molecule has 0 spiro atoms. The molecule has 0 radical (unpaired) electrons. The predicted octanol–water partition coefficient (Wildman–Crippen LogP) is 5.72. The molecule has 3 nitrogen and oxygen atoms in total. The van der Waals surface area contributed by atoms with Crippen LogP contribution in [0.5, 0.6) is 0 Å². The van der Waals surface area contributed by atoms with Gasteiger partial charge in [0, 0.05) is 17.8 Å². The summed E-state index contributed by atoms with van der Waals surface area (Å²) in [4.78, 5) is 24.6. The summed E-state index contributed by atoms with van der Waals surface area (Å²) >= 11 is 0. The molecule has 0 unspecified atom stereocenters. The third-order valence-electron chi connectivity index (χ3n) is 10.3. The fraction of sp³-hybridized carbons (Fsp3) is 0.840. The first-order valence-electron chi connectivity index (χ1n) is 11.4. The molecule has 0 amide bonds. The van der Waals surface area contributed by atoms with E-state index in [0.29, 0.717) is 29.5 Å². The lowest BCUT2D eigenvalue weighted by molar-refractivity contribution is -0.164. The fourth-order valence-electron chi connectivity index (χ4n) is 8.40. The van der Waals surface area contributed by atoms with Gasteiger partial charge in [-0.05, 0) is 81.0 Å². The molecule has 0 bridgehead atoms. The zero-order valence-electron chi connectivity index (χ0n) is 18.6. The Labute approximate surface area is 170 Å². The van der Waals surface area contributed by atoms with E-state index in [9.17, 15) is 9.59 Å². The van der Waals surface area contributed by atoms with Crippen LogP contribution in [-0.2, 0) is 14.3 Å². The van der Waals surface area contributed by atoms with Crippen molar-refractivity contribution in [1.82, 2.24) is 0 Å². The first-order chi connectivity index (χ1) is 13.1. The second-order valence-corrected chi connectivity index (χ2v) is 11.0. The van der Waals surface area contributed by atoms with Crippen molar-refractivity contribution in [2.45, 2.75) is 92.6 Å². The topological polar surface area (TPSA) is 43.4 Å². The monoisotopic (exact) mass is 386 g/mol. The smallest absolute Gasteiger partial charge is 0.302 e. The Kier molecular flexibility index (Phi) is 4.64. The quantitative estimate of drug-likeness (QED) is 0.450. The van der Waals surface area contributed by atoms with E-state index in [1.165, 1.54) is 5.57 Å². The van der Waals surface area contributed by atoms with Gasteiger partial charge in [0.1, 0.15) is 11.9 Å². The predicted molar refractivity (Wildman–Crippen MR) is 111 cm³/mol. The van der Waals surface area contributed by atoms with Crippen molar-refractivity contribution < 1.29 is 14.3 Å². The Balaban J connectivity index is 1.73. The van der Waals surface area contributed by atoms with Gasteiger partial charge in [-0.2, -0.15) is 0 Å². The highest BCUT2D eigenvalue weighted by Crippen LogP contribution is 2.71. The van der Waals surface area contributed by atoms with Crippen molar-refractivity contribution >= 4 is 11.8 Å². The molecule has 3 saturated carbocycles. The average molecular weight is 387 g/mol. The molecule has 4 aliphatic carbocycles. The summed E-state index contributed by atoms with van der Waals surface area (Å²) in [5.74, 6) is 2.42. The van der Waals surface area contributed by atoms with E-state index in [-0.39, 0.29) is 28.3 Å². The number of ether oxygens (including phenoxy) is 1. The highest BCUT2D eigenvalue weighted by Gasteiger charge is 2.67. The zero-order valence-corrected chi connectivity index (χ0v) is 18.6. The van der Waals surface area contributed by atoms with Gasteiger partial charge in [-0.15, -0.1) is 0 Å². The molecule has 0 aliphatic heterocycles. The maximum absolute atomic E-state index is 12.8. The number of esters is 1. The highest BCUT2D eigenvalue weighted by molar-refractivity contribution is 5.83. The number of allylic oxidation sites excluding steroid dienone is 1. The molecule has 156 valence electrons. The molecule has 0 saturated heterocycles. The summed E-state index contributed by atoms with van der Waals surface area (Å²) in [6.45, 7) is 12.7.